The highest BCUT2D eigenvalue weighted by Crippen LogP contribution is 2.56. The Morgan fingerprint density at radius 3 is 2.67 bits per heavy atom. The van der Waals surface area contributed by atoms with Gasteiger partial charge in [-0.05, 0) is 58.1 Å². The SMILES string of the molecule is O=C1C=C2C(c3cc4ccccc4c4ccccc34)=C[C@@H]3C[C@@]2(O1)[C@H]1CCCCN31. The molecule has 30 heavy (non-hydrogen) atoms. The Balaban J connectivity index is 1.52. The fraction of sp³-hybridized carbons (Fsp3) is 0.296. The van der Waals surface area contributed by atoms with Crippen molar-refractivity contribution < 1.29 is 9.53 Å². The monoisotopic (exact) mass is 393 g/mol. The Labute approximate surface area is 175 Å². The summed E-state index contributed by atoms with van der Waals surface area (Å²) in [6, 6.07) is 20.2. The lowest BCUT2D eigenvalue weighted by Gasteiger charge is -2.38. The van der Waals surface area contributed by atoms with Gasteiger partial charge in [-0.15, -0.1) is 0 Å². The van der Waals surface area contributed by atoms with Crippen LogP contribution in [0.1, 0.15) is 31.2 Å². The number of carbonyl (C=O) groups excluding carboxylic acids is 1. The van der Waals surface area contributed by atoms with Gasteiger partial charge in [0.25, 0.3) is 0 Å². The van der Waals surface area contributed by atoms with Gasteiger partial charge in [0, 0.05) is 24.1 Å². The van der Waals surface area contributed by atoms with Crippen LogP contribution >= 0.6 is 0 Å². The van der Waals surface area contributed by atoms with Crippen molar-refractivity contribution in [3.8, 4) is 0 Å². The summed E-state index contributed by atoms with van der Waals surface area (Å²) in [6.45, 7) is 1.10. The highest BCUT2D eigenvalue weighted by molar-refractivity contribution is 6.14. The summed E-state index contributed by atoms with van der Waals surface area (Å²) < 4.78 is 6.15. The minimum atomic E-state index is -0.459. The van der Waals surface area contributed by atoms with Crippen molar-refractivity contribution in [3.63, 3.8) is 0 Å². The summed E-state index contributed by atoms with van der Waals surface area (Å²) in [7, 11) is 0. The standard InChI is InChI=1S/C27H23NO2/c29-26-15-24-23(14-18-16-27(24,30-26)25-11-5-6-12-28(18)25)22-13-17-7-1-2-8-19(17)20-9-3-4-10-21(20)22/h1-4,7-10,13-15,18,25H,5-6,11-12,16H2/t18-,25-,27+/m1/s1. The van der Waals surface area contributed by atoms with Gasteiger partial charge in [-0.1, -0.05) is 61.0 Å². The molecule has 7 rings (SSSR count). The van der Waals surface area contributed by atoms with E-state index in [0.29, 0.717) is 12.1 Å². The summed E-state index contributed by atoms with van der Waals surface area (Å²) in [5.74, 6) is -0.172. The van der Waals surface area contributed by atoms with Gasteiger partial charge < -0.3 is 4.74 Å². The second kappa shape index (κ2) is 5.83. The van der Waals surface area contributed by atoms with Crippen LogP contribution in [-0.4, -0.2) is 35.1 Å². The number of hydrogen-bond acceptors (Lipinski definition) is 3. The third kappa shape index (κ3) is 2.06. The first kappa shape index (κ1) is 16.8. The minimum Gasteiger partial charge on any atom is -0.449 e. The van der Waals surface area contributed by atoms with Crippen LogP contribution in [0, 0.1) is 0 Å². The molecule has 0 aromatic heterocycles. The molecule has 0 amide bonds. The van der Waals surface area contributed by atoms with Gasteiger partial charge in [-0.2, -0.15) is 0 Å². The molecule has 2 saturated heterocycles. The fourth-order valence-electron chi connectivity index (χ4n) is 6.57. The first-order valence-electron chi connectivity index (χ1n) is 11.1. The number of rotatable bonds is 1. The second-order valence-corrected chi connectivity index (χ2v) is 9.16. The molecule has 3 atom stereocenters. The first-order valence-corrected chi connectivity index (χ1v) is 11.1. The molecule has 1 aliphatic carbocycles. The quantitative estimate of drug-likeness (QED) is 0.418. The van der Waals surface area contributed by atoms with E-state index in [0.717, 1.165) is 25.0 Å². The van der Waals surface area contributed by atoms with E-state index in [-0.39, 0.29) is 5.97 Å². The number of piperidine rings is 1. The second-order valence-electron chi connectivity index (χ2n) is 9.16. The molecule has 3 nitrogen and oxygen atoms in total. The first-order chi connectivity index (χ1) is 14.7. The number of hydrogen-bond donors (Lipinski definition) is 0. The topological polar surface area (TPSA) is 29.5 Å². The lowest BCUT2D eigenvalue weighted by atomic mass is 9.74. The van der Waals surface area contributed by atoms with Gasteiger partial charge in [-0.25, -0.2) is 4.79 Å². The zero-order chi connectivity index (χ0) is 19.9. The number of fused-ring (bicyclic) bond motifs is 6. The third-order valence-corrected chi connectivity index (χ3v) is 7.73. The maximum absolute atomic E-state index is 12.6. The fourth-order valence-corrected chi connectivity index (χ4v) is 6.57. The molecule has 0 unspecified atom stereocenters. The highest BCUT2D eigenvalue weighted by atomic mass is 16.6. The summed E-state index contributed by atoms with van der Waals surface area (Å²) in [5, 5.41) is 5.03. The Morgan fingerprint density at radius 1 is 0.967 bits per heavy atom. The molecule has 3 aromatic carbocycles. The molecular weight excluding hydrogens is 370 g/mol. The lowest BCUT2D eigenvalue weighted by Crippen LogP contribution is -2.48. The summed E-state index contributed by atoms with van der Waals surface area (Å²) in [5.41, 5.74) is 3.08. The average molecular weight is 393 g/mol. The Bertz CT molecular complexity index is 1300. The predicted molar refractivity (Wildman–Crippen MR) is 119 cm³/mol. The van der Waals surface area contributed by atoms with Crippen molar-refractivity contribution in [2.75, 3.05) is 6.54 Å². The van der Waals surface area contributed by atoms with Gasteiger partial charge in [0.1, 0.15) is 0 Å². The number of carbonyl (C=O) groups is 1. The van der Waals surface area contributed by atoms with Gasteiger partial charge in [0.05, 0.1) is 6.04 Å². The van der Waals surface area contributed by atoms with E-state index >= 15 is 0 Å². The van der Waals surface area contributed by atoms with Crippen LogP contribution in [-0.2, 0) is 9.53 Å². The van der Waals surface area contributed by atoms with Crippen LogP contribution in [0.15, 0.2) is 72.3 Å². The molecule has 0 saturated carbocycles. The van der Waals surface area contributed by atoms with Crippen LogP contribution < -0.4 is 0 Å². The van der Waals surface area contributed by atoms with E-state index in [2.05, 4.69) is 65.6 Å². The summed E-state index contributed by atoms with van der Waals surface area (Å²) >= 11 is 0. The van der Waals surface area contributed by atoms with Crippen molar-refractivity contribution in [1.29, 1.82) is 0 Å². The highest BCUT2D eigenvalue weighted by Gasteiger charge is 2.61. The molecular formula is C27H23NO2. The van der Waals surface area contributed by atoms with E-state index in [9.17, 15) is 4.79 Å². The number of nitrogens with zero attached hydrogens (tertiary/aromatic N) is 1. The van der Waals surface area contributed by atoms with Crippen LogP contribution in [0.5, 0.6) is 0 Å². The maximum atomic E-state index is 12.6. The van der Waals surface area contributed by atoms with Gasteiger partial charge in [0.2, 0.25) is 0 Å². The smallest absolute Gasteiger partial charge is 0.332 e. The van der Waals surface area contributed by atoms with Crippen LogP contribution in [0.2, 0.25) is 0 Å². The van der Waals surface area contributed by atoms with E-state index in [1.54, 1.807) is 6.08 Å². The Kier molecular flexibility index (Phi) is 3.27. The number of ether oxygens (including phenoxy) is 1. The van der Waals surface area contributed by atoms with Crippen molar-refractivity contribution in [3.05, 3.63) is 77.9 Å². The van der Waals surface area contributed by atoms with Crippen LogP contribution in [0.4, 0.5) is 0 Å². The lowest BCUT2D eigenvalue weighted by molar-refractivity contribution is -0.148. The molecule has 0 radical (unpaired) electrons. The molecule has 2 fully saturated rings. The van der Waals surface area contributed by atoms with Crippen molar-refractivity contribution in [1.82, 2.24) is 4.90 Å². The molecule has 0 N–H and O–H groups in total. The molecule has 3 aromatic rings. The van der Waals surface area contributed by atoms with Crippen LogP contribution in [0.3, 0.4) is 0 Å². The Hall–Kier alpha value is -2.91. The molecule has 1 spiro atoms. The van der Waals surface area contributed by atoms with Crippen LogP contribution in [0.25, 0.3) is 27.1 Å². The van der Waals surface area contributed by atoms with Gasteiger partial charge in [0.15, 0.2) is 5.60 Å². The molecule has 2 bridgehead atoms. The average Bonchev–Trinajstić information content (AvgIpc) is 3.27. The molecule has 3 aliphatic heterocycles. The third-order valence-electron chi connectivity index (χ3n) is 7.73. The Morgan fingerprint density at radius 2 is 1.77 bits per heavy atom. The van der Waals surface area contributed by atoms with Gasteiger partial charge >= 0.3 is 5.97 Å². The molecule has 4 aliphatic rings. The summed E-state index contributed by atoms with van der Waals surface area (Å²) in [4.78, 5) is 15.2. The molecule has 3 heterocycles. The maximum Gasteiger partial charge on any atom is 0.332 e. The zero-order valence-electron chi connectivity index (χ0n) is 16.8. The zero-order valence-corrected chi connectivity index (χ0v) is 16.8. The van der Waals surface area contributed by atoms with Crippen molar-refractivity contribution in [2.24, 2.45) is 0 Å². The van der Waals surface area contributed by atoms with E-state index in [4.69, 9.17) is 4.74 Å². The van der Waals surface area contributed by atoms with E-state index < -0.39 is 5.60 Å². The number of benzene rings is 3. The number of esters is 1. The van der Waals surface area contributed by atoms with Crippen molar-refractivity contribution in [2.45, 2.75) is 43.4 Å². The molecule has 148 valence electrons. The van der Waals surface area contributed by atoms with Crippen molar-refractivity contribution >= 4 is 33.1 Å². The summed E-state index contributed by atoms with van der Waals surface area (Å²) in [6.07, 6.45) is 8.68. The predicted octanol–water partition coefficient (Wildman–Crippen LogP) is 5.24. The normalized spacial score (nSPS) is 30.1. The largest absolute Gasteiger partial charge is 0.449 e. The van der Waals surface area contributed by atoms with Gasteiger partial charge in [-0.3, -0.25) is 4.90 Å². The van der Waals surface area contributed by atoms with E-state index in [1.807, 2.05) is 0 Å². The molecule has 3 heteroatoms. The van der Waals surface area contributed by atoms with E-state index in [1.165, 1.54) is 45.5 Å². The minimum absolute atomic E-state index is 0.172.